The quantitative estimate of drug-likeness (QED) is 0.563. The third-order valence-electron chi connectivity index (χ3n) is 1.94. The van der Waals surface area contributed by atoms with E-state index in [1.807, 2.05) is 0 Å². The summed E-state index contributed by atoms with van der Waals surface area (Å²) < 4.78 is 0. The number of carboxylic acid groups (broad SMARTS) is 1. The van der Waals surface area contributed by atoms with Gasteiger partial charge in [-0.3, -0.25) is 4.79 Å². The highest BCUT2D eigenvalue weighted by Gasteiger charge is 2.17. The molecule has 0 saturated carbocycles. The highest BCUT2D eigenvalue weighted by Crippen LogP contribution is 2.27. The molecule has 0 aliphatic rings. The fourth-order valence-corrected chi connectivity index (χ4v) is 1.51. The maximum Gasteiger partial charge on any atom is 0.339 e. The number of para-hydroxylation sites is 1. The highest BCUT2D eigenvalue weighted by molar-refractivity contribution is 9.12. The Labute approximate surface area is 114 Å². The number of anilines is 1. The zero-order chi connectivity index (χ0) is 13.0. The van der Waals surface area contributed by atoms with Crippen LogP contribution in [0.3, 0.4) is 0 Å². The van der Waals surface area contributed by atoms with Crippen molar-refractivity contribution in [3.8, 4) is 5.75 Å². The van der Waals surface area contributed by atoms with Gasteiger partial charge in [0.15, 0.2) is 5.75 Å². The van der Waals surface area contributed by atoms with Crippen LogP contribution in [0.5, 0.6) is 5.75 Å². The lowest BCUT2D eigenvalue weighted by atomic mass is 10.1. The molecular formula is C10H9Br2NO4. The first-order valence-corrected chi connectivity index (χ1v) is 6.57. The van der Waals surface area contributed by atoms with Crippen LogP contribution in [-0.2, 0) is 4.79 Å². The van der Waals surface area contributed by atoms with Crippen LogP contribution in [-0.4, -0.2) is 32.2 Å². The molecular weight excluding hydrogens is 358 g/mol. The van der Waals surface area contributed by atoms with Crippen LogP contribution < -0.4 is 5.32 Å². The van der Waals surface area contributed by atoms with Crippen LogP contribution in [0.15, 0.2) is 18.2 Å². The lowest BCUT2D eigenvalue weighted by Gasteiger charge is -2.10. The summed E-state index contributed by atoms with van der Waals surface area (Å²) in [4.78, 5) is 21.8. The number of carboxylic acids is 1. The smallest absolute Gasteiger partial charge is 0.339 e. The number of halogens is 2. The van der Waals surface area contributed by atoms with Crippen molar-refractivity contribution in [3.63, 3.8) is 0 Å². The van der Waals surface area contributed by atoms with Gasteiger partial charge in [0.2, 0.25) is 5.91 Å². The molecule has 1 unspecified atom stereocenters. The summed E-state index contributed by atoms with van der Waals surface area (Å²) in [5.41, 5.74) is -0.187. The summed E-state index contributed by atoms with van der Waals surface area (Å²) in [5.74, 6) is -2.09. The van der Waals surface area contributed by atoms with Gasteiger partial charge in [-0.15, -0.1) is 0 Å². The molecule has 5 nitrogen and oxygen atoms in total. The topological polar surface area (TPSA) is 86.6 Å². The molecule has 0 aliphatic carbocycles. The van der Waals surface area contributed by atoms with E-state index in [0.717, 1.165) is 0 Å². The average molecular weight is 367 g/mol. The molecule has 7 heteroatoms. The van der Waals surface area contributed by atoms with Gasteiger partial charge >= 0.3 is 5.97 Å². The monoisotopic (exact) mass is 365 g/mol. The van der Waals surface area contributed by atoms with Crippen LogP contribution in [0, 0.1) is 0 Å². The van der Waals surface area contributed by atoms with Crippen molar-refractivity contribution in [1.82, 2.24) is 0 Å². The third-order valence-corrected chi connectivity index (χ3v) is 4.20. The summed E-state index contributed by atoms with van der Waals surface area (Å²) in [6, 6.07) is 4.12. The Balaban J connectivity index is 2.96. The van der Waals surface area contributed by atoms with Gasteiger partial charge in [0.05, 0.1) is 5.69 Å². The van der Waals surface area contributed by atoms with E-state index in [1.165, 1.54) is 18.2 Å². The summed E-state index contributed by atoms with van der Waals surface area (Å²) in [5, 5.41) is 21.3. The van der Waals surface area contributed by atoms with Crippen LogP contribution >= 0.6 is 31.9 Å². The maximum atomic E-state index is 11.5. The Morgan fingerprint density at radius 1 is 1.41 bits per heavy atom. The second-order valence-corrected chi connectivity index (χ2v) is 4.87. The number of nitrogens with one attached hydrogen (secondary N) is 1. The fraction of sp³-hybridized carbons (Fsp3) is 0.200. The summed E-state index contributed by atoms with van der Waals surface area (Å²) >= 11 is 6.24. The van der Waals surface area contributed by atoms with Crippen molar-refractivity contribution < 1.29 is 19.8 Å². The molecule has 0 spiro atoms. The maximum absolute atomic E-state index is 11.5. The van der Waals surface area contributed by atoms with Gasteiger partial charge in [0.25, 0.3) is 0 Å². The van der Waals surface area contributed by atoms with Crippen LogP contribution in [0.25, 0.3) is 0 Å². The molecule has 0 bridgehead atoms. The number of carbonyl (C=O) groups excluding carboxylic acids is 1. The van der Waals surface area contributed by atoms with Gasteiger partial charge in [-0.05, 0) is 12.1 Å². The number of alkyl halides is 2. The first kappa shape index (κ1) is 14.0. The minimum absolute atomic E-state index is 0.0697. The average Bonchev–Trinajstić information content (AvgIpc) is 2.30. The van der Waals surface area contributed by atoms with Crippen molar-refractivity contribution in [3.05, 3.63) is 23.8 Å². The molecule has 0 aliphatic heterocycles. The minimum atomic E-state index is -1.26. The molecule has 3 N–H and O–H groups in total. The second-order valence-electron chi connectivity index (χ2n) is 3.12. The SMILES string of the molecule is O=C(O)c1cccc(NC(=O)C(Br)CBr)c1O. The molecule has 1 amide bonds. The number of amides is 1. The number of rotatable bonds is 4. The van der Waals surface area contributed by atoms with Crippen molar-refractivity contribution in [2.75, 3.05) is 10.6 Å². The molecule has 1 rings (SSSR count). The first-order valence-electron chi connectivity index (χ1n) is 4.53. The zero-order valence-electron chi connectivity index (χ0n) is 8.48. The molecule has 1 aromatic rings. The zero-order valence-corrected chi connectivity index (χ0v) is 11.7. The molecule has 0 aromatic heterocycles. The van der Waals surface area contributed by atoms with Gasteiger partial charge in [-0.2, -0.15) is 0 Å². The van der Waals surface area contributed by atoms with Crippen molar-refractivity contribution >= 4 is 49.4 Å². The molecule has 0 fully saturated rings. The third kappa shape index (κ3) is 3.44. The predicted octanol–water partition coefficient (Wildman–Crippen LogP) is 2.19. The van der Waals surface area contributed by atoms with Crippen molar-refractivity contribution in [1.29, 1.82) is 0 Å². The first-order chi connectivity index (χ1) is 7.97. The lowest BCUT2D eigenvalue weighted by Crippen LogP contribution is -2.24. The largest absolute Gasteiger partial charge is 0.505 e. The molecule has 1 atom stereocenters. The van der Waals surface area contributed by atoms with Crippen LogP contribution in [0.2, 0.25) is 0 Å². The number of carbonyl (C=O) groups is 2. The van der Waals surface area contributed by atoms with E-state index in [2.05, 4.69) is 37.2 Å². The Morgan fingerprint density at radius 2 is 2.06 bits per heavy atom. The van der Waals surface area contributed by atoms with Crippen molar-refractivity contribution in [2.24, 2.45) is 0 Å². The van der Waals surface area contributed by atoms with Gasteiger partial charge < -0.3 is 15.5 Å². The van der Waals surface area contributed by atoms with E-state index in [4.69, 9.17) is 5.11 Å². The standard InChI is InChI=1S/C10H9Br2NO4/c11-4-6(12)9(15)13-7-3-1-2-5(8(7)14)10(16)17/h1-3,6,14H,4H2,(H,13,15)(H,16,17). The van der Waals surface area contributed by atoms with Crippen LogP contribution in [0.1, 0.15) is 10.4 Å². The van der Waals surface area contributed by atoms with Crippen LogP contribution in [0.4, 0.5) is 5.69 Å². The summed E-state index contributed by atoms with van der Waals surface area (Å²) in [7, 11) is 0. The number of hydrogen-bond donors (Lipinski definition) is 3. The van der Waals surface area contributed by atoms with E-state index in [0.29, 0.717) is 5.33 Å². The number of aromatic carboxylic acids is 1. The summed E-state index contributed by atoms with van der Waals surface area (Å²) in [6.07, 6.45) is 0. The van der Waals surface area contributed by atoms with Gasteiger partial charge in [-0.1, -0.05) is 37.9 Å². The number of phenols is 1. The summed E-state index contributed by atoms with van der Waals surface area (Å²) in [6.45, 7) is 0. The normalized spacial score (nSPS) is 11.9. The van der Waals surface area contributed by atoms with E-state index in [-0.39, 0.29) is 17.2 Å². The van der Waals surface area contributed by atoms with Gasteiger partial charge in [0.1, 0.15) is 10.4 Å². The molecule has 1 aromatic carbocycles. The number of benzene rings is 1. The predicted molar refractivity (Wildman–Crippen MR) is 70.2 cm³/mol. The molecule has 0 heterocycles. The molecule has 17 heavy (non-hydrogen) atoms. The van der Waals surface area contributed by atoms with E-state index < -0.39 is 16.5 Å². The van der Waals surface area contributed by atoms with E-state index in [9.17, 15) is 14.7 Å². The Bertz CT molecular complexity index is 450. The fourth-order valence-electron chi connectivity index (χ4n) is 1.10. The molecule has 0 saturated heterocycles. The van der Waals surface area contributed by atoms with Gasteiger partial charge in [-0.25, -0.2) is 4.79 Å². The Hall–Kier alpha value is -1.08. The Kier molecular flexibility index (Phi) is 4.95. The number of hydrogen-bond acceptors (Lipinski definition) is 3. The van der Waals surface area contributed by atoms with E-state index in [1.54, 1.807) is 0 Å². The second kappa shape index (κ2) is 6.02. The minimum Gasteiger partial charge on any atom is -0.505 e. The Morgan fingerprint density at radius 3 is 2.59 bits per heavy atom. The molecule has 0 radical (unpaired) electrons. The highest BCUT2D eigenvalue weighted by atomic mass is 79.9. The van der Waals surface area contributed by atoms with Gasteiger partial charge in [0, 0.05) is 5.33 Å². The van der Waals surface area contributed by atoms with E-state index >= 15 is 0 Å². The lowest BCUT2D eigenvalue weighted by molar-refractivity contribution is -0.115. The van der Waals surface area contributed by atoms with Crippen molar-refractivity contribution in [2.45, 2.75) is 4.83 Å². The number of aromatic hydroxyl groups is 1. The molecule has 92 valence electrons.